The van der Waals surface area contributed by atoms with Gasteiger partial charge in [0.05, 0.1) is 5.52 Å². The van der Waals surface area contributed by atoms with Gasteiger partial charge in [-0.1, -0.05) is 32.9 Å². The normalized spacial score (nSPS) is 24.1. The van der Waals surface area contributed by atoms with Gasteiger partial charge in [0.1, 0.15) is 0 Å². The third-order valence-corrected chi connectivity index (χ3v) is 4.81. The Morgan fingerprint density at radius 2 is 1.75 bits per heavy atom. The zero-order chi connectivity index (χ0) is 14.3. The quantitative estimate of drug-likeness (QED) is 0.773. The molecule has 108 valence electrons. The fourth-order valence-corrected chi connectivity index (χ4v) is 3.53. The predicted molar refractivity (Wildman–Crippen MR) is 80.9 cm³/mol. The lowest BCUT2D eigenvalue weighted by Gasteiger charge is -2.37. The summed E-state index contributed by atoms with van der Waals surface area (Å²) in [5.41, 5.74) is 2.01. The van der Waals surface area contributed by atoms with E-state index in [1.54, 1.807) is 0 Å². The van der Waals surface area contributed by atoms with Crippen molar-refractivity contribution in [1.82, 2.24) is 4.57 Å². The maximum absolute atomic E-state index is 12.1. The van der Waals surface area contributed by atoms with Gasteiger partial charge in [-0.2, -0.15) is 0 Å². The van der Waals surface area contributed by atoms with E-state index in [9.17, 15) is 4.79 Å². The van der Waals surface area contributed by atoms with Gasteiger partial charge in [0.25, 0.3) is 0 Å². The molecule has 0 aliphatic heterocycles. The number of hydrogen-bond donors (Lipinski definition) is 0. The van der Waals surface area contributed by atoms with Crippen LogP contribution in [0.1, 0.15) is 52.5 Å². The molecule has 0 unspecified atom stereocenters. The van der Waals surface area contributed by atoms with Crippen molar-refractivity contribution in [2.24, 2.45) is 11.3 Å². The molecule has 3 rings (SSSR count). The molecule has 0 atom stereocenters. The number of hydrogen-bond acceptors (Lipinski definition) is 2. The average Bonchev–Trinajstić information content (AvgIpc) is 2.73. The summed E-state index contributed by atoms with van der Waals surface area (Å²) in [6, 6.07) is 8.02. The van der Waals surface area contributed by atoms with Gasteiger partial charge >= 0.3 is 5.76 Å². The summed E-state index contributed by atoms with van der Waals surface area (Å²) in [5, 5.41) is 0. The van der Waals surface area contributed by atoms with Gasteiger partial charge in [-0.05, 0) is 49.1 Å². The zero-order valence-electron chi connectivity index (χ0n) is 12.6. The second-order valence-electron chi connectivity index (χ2n) is 7.08. The maximum atomic E-state index is 12.1. The molecule has 3 nitrogen and oxygen atoms in total. The molecule has 1 aromatic carbocycles. The van der Waals surface area contributed by atoms with E-state index in [1.165, 1.54) is 12.8 Å². The van der Waals surface area contributed by atoms with Crippen molar-refractivity contribution in [3.63, 3.8) is 0 Å². The van der Waals surface area contributed by atoms with Crippen molar-refractivity contribution in [2.75, 3.05) is 0 Å². The van der Waals surface area contributed by atoms with Crippen LogP contribution in [0.3, 0.4) is 0 Å². The van der Waals surface area contributed by atoms with Crippen LogP contribution in [-0.4, -0.2) is 4.57 Å². The van der Waals surface area contributed by atoms with Crippen LogP contribution < -0.4 is 5.76 Å². The summed E-state index contributed by atoms with van der Waals surface area (Å²) >= 11 is 0. The fraction of sp³-hybridized carbons (Fsp3) is 0.588. The van der Waals surface area contributed by atoms with E-state index < -0.39 is 0 Å². The third kappa shape index (κ3) is 2.30. The second kappa shape index (κ2) is 4.80. The number of aromatic nitrogens is 1. The minimum Gasteiger partial charge on any atom is -0.408 e. The lowest BCUT2D eigenvalue weighted by Crippen LogP contribution is -2.29. The van der Waals surface area contributed by atoms with Crippen LogP contribution >= 0.6 is 0 Å². The standard InChI is InChI=1S/C17H23NO2/c1-17(2,3)12-8-10-13(11-9-12)18-14-6-4-5-7-15(14)20-16(18)19/h4-7,12-13H,8-11H2,1-3H3. The maximum Gasteiger partial charge on any atom is 0.420 e. The van der Waals surface area contributed by atoms with Gasteiger partial charge in [0.2, 0.25) is 0 Å². The van der Waals surface area contributed by atoms with Crippen molar-refractivity contribution >= 4 is 11.1 Å². The van der Waals surface area contributed by atoms with E-state index in [2.05, 4.69) is 20.8 Å². The third-order valence-electron chi connectivity index (χ3n) is 4.81. The molecule has 0 N–H and O–H groups in total. The van der Waals surface area contributed by atoms with Crippen LogP contribution in [0.15, 0.2) is 33.5 Å². The van der Waals surface area contributed by atoms with Gasteiger partial charge in [-0.3, -0.25) is 4.57 Å². The largest absolute Gasteiger partial charge is 0.420 e. The Labute approximate surface area is 119 Å². The number of benzene rings is 1. The van der Waals surface area contributed by atoms with Crippen molar-refractivity contribution < 1.29 is 4.42 Å². The Morgan fingerprint density at radius 3 is 2.40 bits per heavy atom. The van der Waals surface area contributed by atoms with E-state index in [0.29, 0.717) is 17.0 Å². The molecule has 1 fully saturated rings. The summed E-state index contributed by atoms with van der Waals surface area (Å²) < 4.78 is 7.22. The Morgan fingerprint density at radius 1 is 1.10 bits per heavy atom. The number of fused-ring (bicyclic) bond motifs is 1. The van der Waals surface area contributed by atoms with E-state index in [-0.39, 0.29) is 5.76 Å². The number of oxazole rings is 1. The molecular formula is C17H23NO2. The summed E-state index contributed by atoms with van der Waals surface area (Å²) in [7, 11) is 0. The summed E-state index contributed by atoms with van der Waals surface area (Å²) in [5.74, 6) is 0.554. The van der Waals surface area contributed by atoms with E-state index in [4.69, 9.17) is 4.42 Å². The Bertz CT molecular complexity index is 651. The molecule has 20 heavy (non-hydrogen) atoms. The average molecular weight is 273 g/mol. The minimum absolute atomic E-state index is 0.203. The molecule has 0 amide bonds. The van der Waals surface area contributed by atoms with Crippen LogP contribution in [0, 0.1) is 11.3 Å². The zero-order valence-corrected chi connectivity index (χ0v) is 12.6. The highest BCUT2D eigenvalue weighted by molar-refractivity contribution is 5.72. The highest BCUT2D eigenvalue weighted by Gasteiger charge is 2.31. The first kappa shape index (κ1) is 13.5. The van der Waals surface area contributed by atoms with Gasteiger partial charge in [-0.25, -0.2) is 4.79 Å². The van der Waals surface area contributed by atoms with Gasteiger partial charge in [0, 0.05) is 6.04 Å². The summed E-state index contributed by atoms with van der Waals surface area (Å²) in [6.07, 6.45) is 4.54. The van der Waals surface area contributed by atoms with Gasteiger partial charge in [-0.15, -0.1) is 0 Å². The van der Waals surface area contributed by atoms with Crippen molar-refractivity contribution in [3.05, 3.63) is 34.8 Å². The lowest BCUT2D eigenvalue weighted by molar-refractivity contribution is 0.151. The van der Waals surface area contributed by atoms with Crippen molar-refractivity contribution in [1.29, 1.82) is 0 Å². The molecule has 0 spiro atoms. The van der Waals surface area contributed by atoms with Crippen molar-refractivity contribution in [2.45, 2.75) is 52.5 Å². The second-order valence-corrected chi connectivity index (χ2v) is 7.08. The Balaban J connectivity index is 1.87. The Hall–Kier alpha value is -1.51. The summed E-state index contributed by atoms with van der Waals surface area (Å²) in [6.45, 7) is 6.95. The van der Waals surface area contributed by atoms with Gasteiger partial charge < -0.3 is 4.42 Å². The molecule has 3 heteroatoms. The molecule has 1 saturated carbocycles. The summed E-state index contributed by atoms with van der Waals surface area (Å²) in [4.78, 5) is 12.1. The van der Waals surface area contributed by atoms with E-state index >= 15 is 0 Å². The first-order valence-electron chi connectivity index (χ1n) is 7.57. The molecule has 1 heterocycles. The molecule has 1 aliphatic rings. The smallest absolute Gasteiger partial charge is 0.408 e. The topological polar surface area (TPSA) is 35.1 Å². The van der Waals surface area contributed by atoms with Crippen LogP contribution in [0.2, 0.25) is 0 Å². The predicted octanol–water partition coefficient (Wildman–Crippen LogP) is 4.37. The molecule has 0 bridgehead atoms. The van der Waals surface area contributed by atoms with Gasteiger partial charge in [0.15, 0.2) is 5.58 Å². The number of para-hydroxylation sites is 2. The molecule has 2 aromatic rings. The molecular weight excluding hydrogens is 250 g/mol. The highest BCUT2D eigenvalue weighted by atomic mass is 16.4. The first-order valence-corrected chi connectivity index (χ1v) is 7.57. The number of rotatable bonds is 1. The molecule has 1 aromatic heterocycles. The highest BCUT2D eigenvalue weighted by Crippen LogP contribution is 2.41. The fourth-order valence-electron chi connectivity index (χ4n) is 3.53. The number of nitrogens with zero attached hydrogens (tertiary/aromatic N) is 1. The van der Waals surface area contributed by atoms with Crippen LogP contribution in [0.5, 0.6) is 0 Å². The lowest BCUT2D eigenvalue weighted by atomic mass is 9.71. The molecule has 1 aliphatic carbocycles. The van der Waals surface area contributed by atoms with Crippen molar-refractivity contribution in [3.8, 4) is 0 Å². The van der Waals surface area contributed by atoms with Crippen LogP contribution in [0.4, 0.5) is 0 Å². The first-order chi connectivity index (χ1) is 9.47. The van der Waals surface area contributed by atoms with E-state index in [0.717, 1.165) is 24.3 Å². The molecule has 0 radical (unpaired) electrons. The minimum atomic E-state index is -0.203. The molecule has 0 saturated heterocycles. The monoisotopic (exact) mass is 273 g/mol. The van der Waals surface area contributed by atoms with Crippen LogP contribution in [-0.2, 0) is 0 Å². The van der Waals surface area contributed by atoms with Crippen LogP contribution in [0.25, 0.3) is 11.1 Å². The SMILES string of the molecule is CC(C)(C)C1CCC(n2c(=O)oc3ccccc32)CC1. The Kier molecular flexibility index (Phi) is 3.23. The van der Waals surface area contributed by atoms with E-state index in [1.807, 2.05) is 28.8 Å².